The Bertz CT molecular complexity index is 1240. The second-order valence-electron chi connectivity index (χ2n) is 7.05. The number of ether oxygens (including phenoxy) is 1. The number of nitrogens with zero attached hydrogens (tertiary/aromatic N) is 2. The van der Waals surface area contributed by atoms with E-state index in [2.05, 4.69) is 9.80 Å². The number of nitrogens with one attached hydrogen (secondary N) is 1. The smallest absolute Gasteiger partial charge is 0.224 e. The van der Waals surface area contributed by atoms with Crippen LogP contribution in [-0.2, 0) is 11.2 Å². The first-order chi connectivity index (χ1) is 17.8. The zero-order valence-corrected chi connectivity index (χ0v) is 17.8. The zero-order valence-electron chi connectivity index (χ0n) is 24.3. The predicted molar refractivity (Wildman–Crippen MR) is 123 cm³/mol. The summed E-state index contributed by atoms with van der Waals surface area (Å²) in [7, 11) is 0. The second kappa shape index (κ2) is 9.90. The Morgan fingerprint density at radius 2 is 2.00 bits per heavy atom. The molecule has 30 heavy (non-hydrogen) atoms. The fourth-order valence-corrected chi connectivity index (χ4v) is 3.85. The number of amides is 1. The average Bonchev–Trinajstić information content (AvgIpc) is 2.87. The van der Waals surface area contributed by atoms with Gasteiger partial charge in [0.05, 0.1) is 26.5 Å². The normalized spacial score (nSPS) is 24.4. The maximum absolute atomic E-state index is 12.3. The molecule has 0 aromatic heterocycles. The third-order valence-electron chi connectivity index (χ3n) is 5.04. The molecule has 1 N–H and O–H groups in total. The first-order valence-electron chi connectivity index (χ1n) is 13.8. The minimum Gasteiger partial charge on any atom is -0.494 e. The number of rotatable bonds is 7. The summed E-state index contributed by atoms with van der Waals surface area (Å²) >= 11 is 12.5. The number of anilines is 2. The van der Waals surface area contributed by atoms with Crippen molar-refractivity contribution in [2.75, 3.05) is 49.5 Å². The third-order valence-corrected chi connectivity index (χ3v) is 5.85. The molecule has 0 aliphatic carbocycles. The van der Waals surface area contributed by atoms with E-state index in [0.717, 1.165) is 44.8 Å². The van der Waals surface area contributed by atoms with Gasteiger partial charge in [0.25, 0.3) is 0 Å². The van der Waals surface area contributed by atoms with Gasteiger partial charge >= 0.3 is 0 Å². The van der Waals surface area contributed by atoms with E-state index >= 15 is 0 Å². The van der Waals surface area contributed by atoms with Crippen molar-refractivity contribution in [3.63, 3.8) is 0 Å². The van der Waals surface area contributed by atoms with Crippen LogP contribution in [-0.4, -0.2) is 50.1 Å². The van der Waals surface area contributed by atoms with Crippen molar-refractivity contribution in [2.24, 2.45) is 0 Å². The Morgan fingerprint density at radius 3 is 2.83 bits per heavy atom. The number of halogens is 2. The maximum Gasteiger partial charge on any atom is 0.224 e. The SMILES string of the molecule is [2H]c1c([2H])c2c(c([2H])c1OCCCCN1CCN(c3cccc(Cl)c3Cl)CC1)N([2H])C(=O)C([2H])([2H])C2([2H])[2H]. The van der Waals surface area contributed by atoms with Crippen LogP contribution in [0, 0.1) is 0 Å². The van der Waals surface area contributed by atoms with E-state index in [1.807, 2.05) is 12.1 Å². The number of carbonyl (C=O) groups excluding carboxylic acids is 1. The van der Waals surface area contributed by atoms with E-state index in [1.165, 1.54) is 0 Å². The lowest BCUT2D eigenvalue weighted by atomic mass is 10.0. The van der Waals surface area contributed by atoms with Crippen molar-refractivity contribution in [1.82, 2.24) is 4.90 Å². The summed E-state index contributed by atoms with van der Waals surface area (Å²) in [5.74, 6) is -1.81. The minimum absolute atomic E-state index is 0.0968. The molecular weight excluding hydrogens is 421 g/mol. The quantitative estimate of drug-likeness (QED) is 0.605. The molecule has 2 aromatic carbocycles. The highest BCUT2D eigenvalue weighted by Gasteiger charge is 2.19. The van der Waals surface area contributed by atoms with E-state index in [0.29, 0.717) is 16.5 Å². The van der Waals surface area contributed by atoms with Crippen molar-refractivity contribution in [2.45, 2.75) is 25.6 Å². The van der Waals surface area contributed by atoms with Crippen molar-refractivity contribution in [1.29, 1.82) is 0 Å². The number of fused-ring (bicyclic) bond motifs is 1. The molecule has 0 saturated carbocycles. The minimum atomic E-state index is -3.12. The van der Waals surface area contributed by atoms with Gasteiger partial charge in [0.15, 0.2) is 1.41 Å². The molecule has 2 heterocycles. The molecule has 2 aromatic rings. The van der Waals surface area contributed by atoms with Crippen LogP contribution in [0.3, 0.4) is 0 Å². The van der Waals surface area contributed by atoms with Gasteiger partial charge in [-0.25, -0.2) is 0 Å². The summed E-state index contributed by atoms with van der Waals surface area (Å²) in [5.41, 5.74) is -0.318. The fourth-order valence-electron chi connectivity index (χ4n) is 3.43. The molecule has 0 unspecified atom stereocenters. The number of piperazine rings is 1. The van der Waals surface area contributed by atoms with Gasteiger partial charge in [0.1, 0.15) is 5.75 Å². The van der Waals surface area contributed by atoms with Crippen LogP contribution in [0.4, 0.5) is 11.4 Å². The molecule has 0 atom stereocenters. The average molecular weight is 456 g/mol. The Labute approximate surface area is 199 Å². The molecule has 1 fully saturated rings. The number of carbonyl (C=O) groups is 1. The van der Waals surface area contributed by atoms with Crippen molar-refractivity contribution < 1.29 is 20.5 Å². The van der Waals surface area contributed by atoms with Crippen LogP contribution < -0.4 is 14.9 Å². The molecule has 2 aliphatic heterocycles. The van der Waals surface area contributed by atoms with Crippen LogP contribution in [0.15, 0.2) is 36.3 Å². The van der Waals surface area contributed by atoms with Gasteiger partial charge in [-0.3, -0.25) is 9.69 Å². The molecule has 0 spiro atoms. The van der Waals surface area contributed by atoms with Gasteiger partial charge < -0.3 is 14.9 Å². The summed E-state index contributed by atoms with van der Waals surface area (Å²) in [4.78, 5) is 16.8. The Hall–Kier alpha value is -1.95. The van der Waals surface area contributed by atoms with Gasteiger partial charge in [-0.15, -0.1) is 0 Å². The lowest BCUT2D eigenvalue weighted by Gasteiger charge is -2.36. The van der Waals surface area contributed by atoms with Crippen LogP contribution in [0.25, 0.3) is 0 Å². The Morgan fingerprint density at radius 1 is 1.17 bits per heavy atom. The molecule has 1 saturated heterocycles. The highest BCUT2D eigenvalue weighted by atomic mass is 35.5. The standard InChI is InChI=1S/C23H27Cl2N3O2/c24-19-4-3-5-21(23(19)25)28-13-11-27(12-14-28)10-1-2-15-30-18-8-6-17-7-9-22(29)26-20(17)16-18/h3-6,8,16H,1-2,7,9-15H2,(H,26,29)/i6D,7D2,8D,9D2,16D/hD. The van der Waals surface area contributed by atoms with E-state index in [9.17, 15) is 4.79 Å². The van der Waals surface area contributed by atoms with Crippen molar-refractivity contribution >= 4 is 40.5 Å². The monoisotopic (exact) mass is 455 g/mol. The number of benzene rings is 2. The largest absolute Gasteiger partial charge is 0.494 e. The van der Waals surface area contributed by atoms with Gasteiger partial charge in [-0.2, -0.15) is 0 Å². The molecule has 2 aliphatic rings. The molecule has 0 radical (unpaired) electrons. The van der Waals surface area contributed by atoms with Gasteiger partial charge in [0, 0.05) is 49.8 Å². The van der Waals surface area contributed by atoms with E-state index in [-0.39, 0.29) is 17.7 Å². The highest BCUT2D eigenvalue weighted by molar-refractivity contribution is 6.43. The predicted octanol–water partition coefficient (Wildman–Crippen LogP) is 4.86. The summed E-state index contributed by atoms with van der Waals surface area (Å²) in [6.45, 7) is 4.21. The second-order valence-corrected chi connectivity index (χ2v) is 7.84. The summed E-state index contributed by atoms with van der Waals surface area (Å²) in [6, 6.07) is 3.72. The van der Waals surface area contributed by atoms with Crippen molar-refractivity contribution in [3.8, 4) is 5.75 Å². The molecule has 160 valence electrons. The van der Waals surface area contributed by atoms with Crippen LogP contribution in [0.2, 0.25) is 11.5 Å². The van der Waals surface area contributed by atoms with E-state index in [1.54, 1.807) is 6.07 Å². The number of unbranched alkanes of at least 4 members (excludes halogenated alkanes) is 1. The molecule has 7 heteroatoms. The van der Waals surface area contributed by atoms with Crippen LogP contribution in [0.5, 0.6) is 5.75 Å². The number of hydrogen-bond donors (Lipinski definition) is 1. The molecular formula is C23H27Cl2N3O2. The number of hydrogen-bond acceptors (Lipinski definition) is 4. The van der Waals surface area contributed by atoms with Crippen LogP contribution in [0.1, 0.15) is 34.4 Å². The summed E-state index contributed by atoms with van der Waals surface area (Å²) < 4.78 is 70.4. The van der Waals surface area contributed by atoms with Gasteiger partial charge in [-0.1, -0.05) is 35.3 Å². The zero-order chi connectivity index (χ0) is 28.0. The Kier molecular flexibility index (Phi) is 4.44. The fraction of sp³-hybridized carbons (Fsp3) is 0.435. The summed E-state index contributed by atoms with van der Waals surface area (Å²) in [5, 5.41) is 1.17. The first kappa shape index (κ1) is 13.5. The van der Waals surface area contributed by atoms with Crippen molar-refractivity contribution in [3.05, 3.63) is 51.9 Å². The molecule has 0 bridgehead atoms. The Balaban J connectivity index is 1.35. The highest BCUT2D eigenvalue weighted by Crippen LogP contribution is 2.33. The maximum atomic E-state index is 12.3. The third kappa shape index (κ3) is 5.20. The molecule has 1 amide bonds. The first-order valence-corrected chi connectivity index (χ1v) is 10.6. The van der Waals surface area contributed by atoms with Gasteiger partial charge in [0.2, 0.25) is 5.91 Å². The molecule has 5 nitrogen and oxygen atoms in total. The summed E-state index contributed by atoms with van der Waals surface area (Å²) in [6.07, 6.45) is -4.76. The molecule has 4 rings (SSSR count). The van der Waals surface area contributed by atoms with Gasteiger partial charge in [-0.05, 0) is 49.5 Å². The van der Waals surface area contributed by atoms with E-state index in [4.69, 9.17) is 38.9 Å². The lowest BCUT2D eigenvalue weighted by Crippen LogP contribution is -2.46. The van der Waals surface area contributed by atoms with Crippen LogP contribution >= 0.6 is 23.2 Å². The lowest BCUT2D eigenvalue weighted by molar-refractivity contribution is -0.116. The van der Waals surface area contributed by atoms with E-state index < -0.39 is 48.0 Å². The topological polar surface area (TPSA) is 44.8 Å².